The Kier molecular flexibility index (Phi) is 7.89. The molecule has 34 heavy (non-hydrogen) atoms. The lowest BCUT2D eigenvalue weighted by Crippen LogP contribution is -2.40. The van der Waals surface area contributed by atoms with Crippen LogP contribution in [0.3, 0.4) is 0 Å². The molecular formula is C30H39N3O. The Morgan fingerprint density at radius 3 is 2.88 bits per heavy atom. The highest BCUT2D eigenvalue weighted by atomic mass is 16.5. The lowest BCUT2D eigenvalue weighted by atomic mass is 9.83. The number of rotatable bonds is 8. The van der Waals surface area contributed by atoms with Crippen molar-refractivity contribution in [2.75, 3.05) is 20.3 Å². The van der Waals surface area contributed by atoms with Gasteiger partial charge in [0.05, 0.1) is 5.54 Å². The number of hydrogen-bond donors (Lipinski definition) is 1. The maximum Gasteiger partial charge on any atom is 0.0782 e. The molecule has 180 valence electrons. The van der Waals surface area contributed by atoms with Crippen molar-refractivity contribution < 1.29 is 4.74 Å². The molecule has 2 aromatic rings. The Labute approximate surface area is 205 Å². The van der Waals surface area contributed by atoms with Gasteiger partial charge in [-0.15, -0.1) is 0 Å². The molecule has 2 unspecified atom stereocenters. The molecule has 2 atom stereocenters. The SMILES string of the molecule is CC/C=C(\C=NC)C1=C(CCC2CCCOC2)NC(C)(c2cccc(-c3ccn(C)c3)c2)C=C1. The highest BCUT2D eigenvalue weighted by molar-refractivity contribution is 5.86. The zero-order chi connectivity index (χ0) is 24.0. The van der Waals surface area contributed by atoms with E-state index in [4.69, 9.17) is 4.74 Å². The first kappa shape index (κ1) is 24.3. The molecule has 0 saturated carbocycles. The van der Waals surface area contributed by atoms with Gasteiger partial charge in [0.2, 0.25) is 0 Å². The Hall–Kier alpha value is -2.85. The van der Waals surface area contributed by atoms with Gasteiger partial charge in [0.25, 0.3) is 0 Å². The molecule has 0 spiro atoms. The van der Waals surface area contributed by atoms with Crippen LogP contribution in [0.2, 0.25) is 0 Å². The van der Waals surface area contributed by atoms with E-state index in [1.54, 1.807) is 0 Å². The molecule has 4 heteroatoms. The Balaban J connectivity index is 1.65. The minimum Gasteiger partial charge on any atom is -0.381 e. The van der Waals surface area contributed by atoms with Gasteiger partial charge in [-0.2, -0.15) is 0 Å². The fraction of sp³-hybridized carbons (Fsp3) is 0.433. The number of benzene rings is 1. The van der Waals surface area contributed by atoms with Crippen molar-refractivity contribution in [2.24, 2.45) is 18.0 Å². The van der Waals surface area contributed by atoms with Gasteiger partial charge in [-0.3, -0.25) is 4.99 Å². The van der Waals surface area contributed by atoms with Crippen LogP contribution in [0.1, 0.15) is 51.5 Å². The van der Waals surface area contributed by atoms with E-state index in [1.807, 2.05) is 13.3 Å². The van der Waals surface area contributed by atoms with Crippen molar-refractivity contribution in [3.05, 3.63) is 83.4 Å². The molecule has 2 aliphatic heterocycles. The summed E-state index contributed by atoms with van der Waals surface area (Å²) in [6.45, 7) is 6.27. The Morgan fingerprint density at radius 1 is 1.29 bits per heavy atom. The summed E-state index contributed by atoms with van der Waals surface area (Å²) in [6, 6.07) is 11.1. The first-order valence-corrected chi connectivity index (χ1v) is 12.7. The number of aliphatic imine (C=N–C) groups is 1. The number of nitrogens with one attached hydrogen (secondary N) is 1. The van der Waals surface area contributed by atoms with Crippen LogP contribution in [0.25, 0.3) is 11.1 Å². The first-order chi connectivity index (χ1) is 16.5. The van der Waals surface area contributed by atoms with Crippen LogP contribution in [0.5, 0.6) is 0 Å². The minimum atomic E-state index is -0.270. The third kappa shape index (κ3) is 5.61. The lowest BCUT2D eigenvalue weighted by Gasteiger charge is -2.36. The Bertz CT molecular complexity index is 1100. The molecule has 1 N–H and O–H groups in total. The normalized spacial score (nSPS) is 23.5. The summed E-state index contributed by atoms with van der Waals surface area (Å²) in [7, 11) is 3.92. The summed E-state index contributed by atoms with van der Waals surface area (Å²) >= 11 is 0. The topological polar surface area (TPSA) is 38.5 Å². The van der Waals surface area contributed by atoms with Crippen molar-refractivity contribution >= 4 is 6.21 Å². The number of hydrogen-bond acceptors (Lipinski definition) is 3. The van der Waals surface area contributed by atoms with Crippen LogP contribution in [0.15, 0.2) is 82.8 Å². The molecule has 1 aromatic carbocycles. The molecule has 1 fully saturated rings. The zero-order valence-corrected chi connectivity index (χ0v) is 21.2. The minimum absolute atomic E-state index is 0.270. The molecule has 2 aliphatic rings. The van der Waals surface area contributed by atoms with E-state index in [1.165, 1.54) is 46.4 Å². The second-order valence-corrected chi connectivity index (χ2v) is 9.78. The van der Waals surface area contributed by atoms with E-state index in [9.17, 15) is 0 Å². The van der Waals surface area contributed by atoms with E-state index < -0.39 is 0 Å². The molecular weight excluding hydrogens is 418 g/mol. The van der Waals surface area contributed by atoms with Crippen molar-refractivity contribution in [2.45, 2.75) is 51.5 Å². The van der Waals surface area contributed by atoms with Crippen molar-refractivity contribution in [3.8, 4) is 11.1 Å². The number of allylic oxidation sites excluding steroid dienone is 5. The van der Waals surface area contributed by atoms with Gasteiger partial charge in [0.1, 0.15) is 0 Å². The molecule has 0 amide bonds. The summed E-state index contributed by atoms with van der Waals surface area (Å²) in [5.74, 6) is 0.640. The monoisotopic (exact) mass is 457 g/mol. The molecule has 1 saturated heterocycles. The number of nitrogens with zero attached hydrogens (tertiary/aromatic N) is 2. The molecule has 3 heterocycles. The highest BCUT2D eigenvalue weighted by Gasteiger charge is 2.29. The summed E-state index contributed by atoms with van der Waals surface area (Å²) in [4.78, 5) is 4.34. The van der Waals surface area contributed by atoms with E-state index in [2.05, 4.69) is 96.7 Å². The summed E-state index contributed by atoms with van der Waals surface area (Å²) in [5, 5.41) is 3.96. The van der Waals surface area contributed by atoms with Crippen LogP contribution in [-0.4, -0.2) is 31.0 Å². The third-order valence-corrected chi connectivity index (χ3v) is 7.01. The van der Waals surface area contributed by atoms with Gasteiger partial charge in [-0.05, 0) is 79.3 Å². The van der Waals surface area contributed by atoms with Gasteiger partial charge in [-0.25, -0.2) is 0 Å². The van der Waals surface area contributed by atoms with Crippen LogP contribution in [-0.2, 0) is 17.3 Å². The maximum atomic E-state index is 5.76. The van der Waals surface area contributed by atoms with Gasteiger partial charge in [-0.1, -0.05) is 43.4 Å². The standard InChI is InChI=1S/C30H39N3O/c1-5-8-25(20-31-3)28-14-16-30(2,32-29(28)13-12-23-9-7-18-34-22-23)27-11-6-10-24(19-27)26-15-17-33(4)21-26/h6,8,10-11,14-17,19-21,23,32H,5,7,9,12-13,18,22H2,1-4H3/b25-8+,31-20?. The number of ether oxygens (including phenoxy) is 1. The molecule has 4 rings (SSSR count). The fourth-order valence-corrected chi connectivity index (χ4v) is 5.08. The second kappa shape index (κ2) is 11.1. The Morgan fingerprint density at radius 2 is 2.18 bits per heavy atom. The number of dihydropyridines is 1. The third-order valence-electron chi connectivity index (χ3n) is 7.01. The van der Waals surface area contributed by atoms with Crippen molar-refractivity contribution in [1.29, 1.82) is 0 Å². The van der Waals surface area contributed by atoms with Gasteiger partial charge in [0.15, 0.2) is 0 Å². The number of aryl methyl sites for hydroxylation is 1. The highest BCUT2D eigenvalue weighted by Crippen LogP contribution is 2.35. The van der Waals surface area contributed by atoms with E-state index in [0.29, 0.717) is 5.92 Å². The average Bonchev–Trinajstić information content (AvgIpc) is 3.30. The van der Waals surface area contributed by atoms with Crippen LogP contribution >= 0.6 is 0 Å². The van der Waals surface area contributed by atoms with Crippen molar-refractivity contribution in [3.63, 3.8) is 0 Å². The van der Waals surface area contributed by atoms with Crippen LogP contribution in [0, 0.1) is 5.92 Å². The average molecular weight is 458 g/mol. The van der Waals surface area contributed by atoms with Crippen LogP contribution < -0.4 is 5.32 Å². The van der Waals surface area contributed by atoms with Gasteiger partial charge < -0.3 is 14.6 Å². The molecule has 4 nitrogen and oxygen atoms in total. The first-order valence-electron chi connectivity index (χ1n) is 12.7. The molecule has 0 aliphatic carbocycles. The predicted molar refractivity (Wildman–Crippen MR) is 143 cm³/mol. The maximum absolute atomic E-state index is 5.76. The smallest absolute Gasteiger partial charge is 0.0782 e. The fourth-order valence-electron chi connectivity index (χ4n) is 5.08. The van der Waals surface area contributed by atoms with E-state index >= 15 is 0 Å². The van der Waals surface area contributed by atoms with Crippen LogP contribution in [0.4, 0.5) is 0 Å². The molecule has 0 radical (unpaired) electrons. The summed E-state index contributed by atoms with van der Waals surface area (Å²) in [6.07, 6.45) is 18.7. The quantitative estimate of drug-likeness (QED) is 0.456. The van der Waals surface area contributed by atoms with E-state index in [0.717, 1.165) is 32.5 Å². The molecule has 1 aromatic heterocycles. The predicted octanol–water partition coefficient (Wildman–Crippen LogP) is 6.56. The second-order valence-electron chi connectivity index (χ2n) is 9.78. The largest absolute Gasteiger partial charge is 0.381 e. The van der Waals surface area contributed by atoms with E-state index in [-0.39, 0.29) is 5.54 Å². The number of aromatic nitrogens is 1. The van der Waals surface area contributed by atoms with Crippen molar-refractivity contribution in [1.82, 2.24) is 9.88 Å². The van der Waals surface area contributed by atoms with Gasteiger partial charge in [0, 0.05) is 57.2 Å². The summed E-state index contributed by atoms with van der Waals surface area (Å²) in [5.41, 5.74) is 7.26. The van der Waals surface area contributed by atoms with Gasteiger partial charge >= 0.3 is 0 Å². The summed E-state index contributed by atoms with van der Waals surface area (Å²) < 4.78 is 7.85. The zero-order valence-electron chi connectivity index (χ0n) is 21.2. The molecule has 0 bridgehead atoms. The lowest BCUT2D eigenvalue weighted by molar-refractivity contribution is 0.0516.